The first-order valence-corrected chi connectivity index (χ1v) is 7.63. The smallest absolute Gasteiger partial charge is 0.0375 e. The third-order valence-corrected chi connectivity index (χ3v) is 4.25. The Kier molecular flexibility index (Phi) is 4.04. The third kappa shape index (κ3) is 3.28. The van der Waals surface area contributed by atoms with Crippen molar-refractivity contribution in [2.75, 3.05) is 38.0 Å². The fourth-order valence-corrected chi connectivity index (χ4v) is 3.17. The van der Waals surface area contributed by atoms with Gasteiger partial charge in [-0.3, -0.25) is 0 Å². The van der Waals surface area contributed by atoms with E-state index in [-0.39, 0.29) is 0 Å². The molecular weight excluding hydrogens is 234 g/mol. The van der Waals surface area contributed by atoms with E-state index in [1.807, 2.05) is 0 Å². The molecule has 1 unspecified atom stereocenters. The van der Waals surface area contributed by atoms with Crippen LogP contribution in [0.4, 0.5) is 5.69 Å². The molecule has 2 aliphatic rings. The second kappa shape index (κ2) is 5.93. The van der Waals surface area contributed by atoms with E-state index < -0.39 is 0 Å². The number of benzene rings is 1. The van der Waals surface area contributed by atoms with Gasteiger partial charge in [0.05, 0.1) is 0 Å². The van der Waals surface area contributed by atoms with Gasteiger partial charge in [0.25, 0.3) is 0 Å². The molecule has 2 aliphatic heterocycles. The lowest BCUT2D eigenvalue weighted by Gasteiger charge is -2.19. The van der Waals surface area contributed by atoms with Gasteiger partial charge in [0.1, 0.15) is 0 Å². The van der Waals surface area contributed by atoms with E-state index >= 15 is 0 Å². The molecule has 3 heteroatoms. The number of rotatable bonds is 3. The summed E-state index contributed by atoms with van der Waals surface area (Å²) >= 11 is 0. The van der Waals surface area contributed by atoms with Gasteiger partial charge < -0.3 is 15.5 Å². The molecular formula is C16H25N3. The summed E-state index contributed by atoms with van der Waals surface area (Å²) in [5.41, 5.74) is 4.34. The van der Waals surface area contributed by atoms with E-state index in [1.165, 1.54) is 62.3 Å². The summed E-state index contributed by atoms with van der Waals surface area (Å²) in [5, 5.41) is 6.98. The van der Waals surface area contributed by atoms with Crippen molar-refractivity contribution in [1.82, 2.24) is 10.2 Å². The number of nitrogens with zero attached hydrogens (tertiary/aromatic N) is 1. The van der Waals surface area contributed by atoms with Crippen molar-refractivity contribution in [3.63, 3.8) is 0 Å². The Labute approximate surface area is 116 Å². The fourth-order valence-electron chi connectivity index (χ4n) is 3.17. The van der Waals surface area contributed by atoms with Crippen molar-refractivity contribution in [3.05, 3.63) is 29.3 Å². The topological polar surface area (TPSA) is 27.3 Å². The van der Waals surface area contributed by atoms with E-state index in [0.717, 1.165) is 6.54 Å². The Balaban J connectivity index is 1.57. The first kappa shape index (κ1) is 12.9. The second-order valence-electron chi connectivity index (χ2n) is 5.94. The van der Waals surface area contributed by atoms with Gasteiger partial charge in [0.2, 0.25) is 0 Å². The van der Waals surface area contributed by atoms with Crippen molar-refractivity contribution in [2.45, 2.75) is 32.2 Å². The minimum atomic E-state index is 0.599. The second-order valence-corrected chi connectivity index (χ2v) is 5.94. The van der Waals surface area contributed by atoms with E-state index in [4.69, 9.17) is 0 Å². The average Bonchev–Trinajstić information content (AvgIpc) is 2.62. The molecule has 1 fully saturated rings. The monoisotopic (exact) mass is 259 g/mol. The van der Waals surface area contributed by atoms with Gasteiger partial charge in [0.15, 0.2) is 0 Å². The molecule has 19 heavy (non-hydrogen) atoms. The van der Waals surface area contributed by atoms with Crippen LogP contribution in [0.15, 0.2) is 18.2 Å². The summed E-state index contributed by atoms with van der Waals surface area (Å²) in [7, 11) is 0. The van der Waals surface area contributed by atoms with Gasteiger partial charge in [-0.15, -0.1) is 0 Å². The Hall–Kier alpha value is -1.06. The molecule has 104 valence electrons. The molecule has 1 aromatic rings. The van der Waals surface area contributed by atoms with Crippen LogP contribution in [-0.2, 0) is 12.8 Å². The normalized spacial score (nSPS) is 23.7. The average molecular weight is 259 g/mol. The molecule has 0 radical (unpaired) electrons. The van der Waals surface area contributed by atoms with Crippen molar-refractivity contribution in [3.8, 4) is 0 Å². The lowest BCUT2D eigenvalue weighted by Crippen LogP contribution is -2.30. The third-order valence-electron chi connectivity index (χ3n) is 4.25. The summed E-state index contributed by atoms with van der Waals surface area (Å²) in [6, 6.07) is 7.56. The molecule has 0 amide bonds. The Morgan fingerprint density at radius 2 is 2.21 bits per heavy atom. The van der Waals surface area contributed by atoms with Gasteiger partial charge in [-0.25, -0.2) is 0 Å². The van der Waals surface area contributed by atoms with Crippen LogP contribution in [0.25, 0.3) is 0 Å². The van der Waals surface area contributed by atoms with Gasteiger partial charge >= 0.3 is 0 Å². The maximum atomic E-state index is 3.52. The zero-order valence-electron chi connectivity index (χ0n) is 11.9. The maximum Gasteiger partial charge on any atom is 0.0375 e. The zero-order chi connectivity index (χ0) is 13.1. The van der Waals surface area contributed by atoms with E-state index in [0.29, 0.717) is 6.04 Å². The van der Waals surface area contributed by atoms with Crippen molar-refractivity contribution >= 4 is 5.69 Å². The Morgan fingerprint density at radius 1 is 1.26 bits per heavy atom. The lowest BCUT2D eigenvalue weighted by atomic mass is 10.0. The van der Waals surface area contributed by atoms with Crippen LogP contribution in [0.2, 0.25) is 0 Å². The van der Waals surface area contributed by atoms with Crippen LogP contribution < -0.4 is 10.6 Å². The van der Waals surface area contributed by atoms with Gasteiger partial charge in [-0.1, -0.05) is 12.1 Å². The molecule has 2 heterocycles. The SMILES string of the molecule is CC1Cc2cc(CCN3CCCNCC3)ccc2N1. The number of fused-ring (bicyclic) bond motifs is 1. The zero-order valence-corrected chi connectivity index (χ0v) is 11.9. The molecule has 1 saturated heterocycles. The molecule has 0 aromatic heterocycles. The largest absolute Gasteiger partial charge is 0.382 e. The molecule has 0 bridgehead atoms. The maximum absolute atomic E-state index is 3.52. The minimum Gasteiger partial charge on any atom is -0.382 e. The summed E-state index contributed by atoms with van der Waals surface area (Å²) in [4.78, 5) is 2.59. The predicted octanol–water partition coefficient (Wildman–Crippen LogP) is 1.88. The van der Waals surface area contributed by atoms with Crippen LogP contribution in [0.3, 0.4) is 0 Å². The summed E-state index contributed by atoms with van der Waals surface area (Å²) in [6.45, 7) is 8.22. The summed E-state index contributed by atoms with van der Waals surface area (Å²) in [5.74, 6) is 0. The Morgan fingerprint density at radius 3 is 3.16 bits per heavy atom. The number of hydrogen-bond acceptors (Lipinski definition) is 3. The van der Waals surface area contributed by atoms with Crippen LogP contribution in [0.5, 0.6) is 0 Å². The highest BCUT2D eigenvalue weighted by atomic mass is 15.1. The fraction of sp³-hybridized carbons (Fsp3) is 0.625. The standard InChI is InChI=1S/C16H25N3/c1-13-11-15-12-14(3-4-16(15)18-13)5-9-19-8-2-6-17-7-10-19/h3-4,12-13,17-18H,2,5-11H2,1H3. The first-order valence-electron chi connectivity index (χ1n) is 7.63. The number of nitrogens with one attached hydrogen (secondary N) is 2. The van der Waals surface area contributed by atoms with Gasteiger partial charge in [-0.2, -0.15) is 0 Å². The molecule has 2 N–H and O–H groups in total. The molecule has 1 atom stereocenters. The summed E-state index contributed by atoms with van der Waals surface area (Å²) < 4.78 is 0. The highest BCUT2D eigenvalue weighted by Gasteiger charge is 2.16. The molecule has 0 spiro atoms. The molecule has 0 aliphatic carbocycles. The molecule has 0 saturated carbocycles. The van der Waals surface area contributed by atoms with Crippen molar-refractivity contribution < 1.29 is 0 Å². The quantitative estimate of drug-likeness (QED) is 0.868. The minimum absolute atomic E-state index is 0.599. The summed E-state index contributed by atoms with van der Waals surface area (Å²) in [6.07, 6.45) is 3.64. The number of anilines is 1. The van der Waals surface area contributed by atoms with Crippen LogP contribution in [0, 0.1) is 0 Å². The van der Waals surface area contributed by atoms with Gasteiger partial charge in [-0.05, 0) is 56.5 Å². The first-order chi connectivity index (χ1) is 9.31. The van der Waals surface area contributed by atoms with E-state index in [2.05, 4.69) is 40.7 Å². The van der Waals surface area contributed by atoms with E-state index in [9.17, 15) is 0 Å². The Bertz CT molecular complexity index is 422. The highest BCUT2D eigenvalue weighted by Crippen LogP contribution is 2.26. The highest BCUT2D eigenvalue weighted by molar-refractivity contribution is 5.57. The van der Waals surface area contributed by atoms with Crippen LogP contribution in [0.1, 0.15) is 24.5 Å². The molecule has 3 rings (SSSR count). The van der Waals surface area contributed by atoms with Crippen molar-refractivity contribution in [2.24, 2.45) is 0 Å². The van der Waals surface area contributed by atoms with E-state index in [1.54, 1.807) is 0 Å². The van der Waals surface area contributed by atoms with Crippen molar-refractivity contribution in [1.29, 1.82) is 0 Å². The molecule has 3 nitrogen and oxygen atoms in total. The lowest BCUT2D eigenvalue weighted by molar-refractivity contribution is 0.296. The number of hydrogen-bond donors (Lipinski definition) is 2. The van der Waals surface area contributed by atoms with Crippen LogP contribution in [-0.4, -0.2) is 43.7 Å². The molecule has 1 aromatic carbocycles. The van der Waals surface area contributed by atoms with Gasteiger partial charge in [0, 0.05) is 31.4 Å². The predicted molar refractivity (Wildman–Crippen MR) is 80.9 cm³/mol. The van der Waals surface area contributed by atoms with Crippen LogP contribution >= 0.6 is 0 Å².